The first kappa shape index (κ1) is 26.4. The molecule has 0 radical (unpaired) electrons. The van der Waals surface area contributed by atoms with Crippen molar-refractivity contribution < 1.29 is 14.3 Å². The Bertz CT molecular complexity index is 915. The molecule has 5 heteroatoms. The van der Waals surface area contributed by atoms with Gasteiger partial charge in [0.2, 0.25) is 11.8 Å². The van der Waals surface area contributed by atoms with Crippen LogP contribution in [-0.4, -0.2) is 35.9 Å². The molecule has 33 heavy (non-hydrogen) atoms. The molecule has 0 aromatic heterocycles. The number of methoxy groups -OCH3 is 1. The van der Waals surface area contributed by atoms with E-state index < -0.39 is 6.04 Å². The molecule has 0 saturated carbocycles. The number of aryl methyl sites for hydroxylation is 1. The zero-order valence-corrected chi connectivity index (χ0v) is 21.3. The zero-order chi connectivity index (χ0) is 24.6. The summed E-state index contributed by atoms with van der Waals surface area (Å²) in [7, 11) is 1.62. The third-order valence-corrected chi connectivity index (χ3v) is 6.10. The summed E-state index contributed by atoms with van der Waals surface area (Å²) in [6, 6.07) is 15.6. The molecule has 0 fully saturated rings. The summed E-state index contributed by atoms with van der Waals surface area (Å²) in [6.07, 6.45) is 1.82. The van der Waals surface area contributed by atoms with Gasteiger partial charge in [-0.15, -0.1) is 0 Å². The first-order valence-corrected chi connectivity index (χ1v) is 11.9. The maximum absolute atomic E-state index is 13.3. The standard InChI is InChI=1S/C28H40N2O3/c1-8-20(2)29-27(32)21(3)30(19-23-10-9-11-25(18-23)33-7)26(31)17-14-22-12-15-24(16-13-22)28(4,5)6/h9-13,15-16,18,20-21H,8,14,17,19H2,1-7H3,(H,29,32). The Kier molecular flexibility index (Phi) is 9.51. The molecule has 0 bridgehead atoms. The zero-order valence-electron chi connectivity index (χ0n) is 21.3. The highest BCUT2D eigenvalue weighted by molar-refractivity contribution is 5.87. The van der Waals surface area contributed by atoms with E-state index in [2.05, 4.69) is 50.4 Å². The van der Waals surface area contributed by atoms with Crippen LogP contribution in [0.1, 0.15) is 71.1 Å². The summed E-state index contributed by atoms with van der Waals surface area (Å²) in [5.74, 6) is 0.565. The predicted octanol–water partition coefficient (Wildman–Crippen LogP) is 5.26. The van der Waals surface area contributed by atoms with Crippen molar-refractivity contribution in [2.24, 2.45) is 0 Å². The van der Waals surface area contributed by atoms with Crippen molar-refractivity contribution in [2.75, 3.05) is 7.11 Å². The van der Waals surface area contributed by atoms with Crippen molar-refractivity contribution in [2.45, 2.75) is 84.8 Å². The Morgan fingerprint density at radius 1 is 1.03 bits per heavy atom. The molecule has 2 aromatic rings. The molecule has 2 atom stereocenters. The highest BCUT2D eigenvalue weighted by atomic mass is 16.5. The predicted molar refractivity (Wildman–Crippen MR) is 134 cm³/mol. The maximum atomic E-state index is 13.3. The molecule has 0 saturated heterocycles. The molecule has 0 aliphatic heterocycles. The summed E-state index contributed by atoms with van der Waals surface area (Å²) in [5, 5.41) is 3.01. The van der Waals surface area contributed by atoms with Gasteiger partial charge in [0.15, 0.2) is 0 Å². The van der Waals surface area contributed by atoms with E-state index in [4.69, 9.17) is 4.74 Å². The van der Waals surface area contributed by atoms with Crippen molar-refractivity contribution in [3.63, 3.8) is 0 Å². The van der Waals surface area contributed by atoms with Gasteiger partial charge in [0, 0.05) is 19.0 Å². The average molecular weight is 453 g/mol. The molecule has 2 unspecified atom stereocenters. The Balaban J connectivity index is 2.16. The molecule has 5 nitrogen and oxygen atoms in total. The van der Waals surface area contributed by atoms with Crippen LogP contribution in [0.15, 0.2) is 48.5 Å². The Labute approximate surface area is 199 Å². The fourth-order valence-electron chi connectivity index (χ4n) is 3.58. The van der Waals surface area contributed by atoms with E-state index in [1.807, 2.05) is 38.1 Å². The number of carbonyl (C=O) groups is 2. The second-order valence-electron chi connectivity index (χ2n) is 9.81. The highest BCUT2D eigenvalue weighted by Gasteiger charge is 2.26. The summed E-state index contributed by atoms with van der Waals surface area (Å²) in [4.78, 5) is 27.8. The van der Waals surface area contributed by atoms with Crippen LogP contribution >= 0.6 is 0 Å². The van der Waals surface area contributed by atoms with E-state index in [9.17, 15) is 9.59 Å². The molecule has 180 valence electrons. The summed E-state index contributed by atoms with van der Waals surface area (Å²) < 4.78 is 5.33. The number of nitrogens with zero attached hydrogens (tertiary/aromatic N) is 1. The fourth-order valence-corrected chi connectivity index (χ4v) is 3.58. The van der Waals surface area contributed by atoms with Crippen LogP contribution in [-0.2, 0) is 28.0 Å². The van der Waals surface area contributed by atoms with E-state index in [-0.39, 0.29) is 23.3 Å². The van der Waals surface area contributed by atoms with Crippen molar-refractivity contribution in [3.8, 4) is 5.75 Å². The minimum atomic E-state index is -0.569. The van der Waals surface area contributed by atoms with Gasteiger partial charge in [0.1, 0.15) is 11.8 Å². The van der Waals surface area contributed by atoms with Gasteiger partial charge in [0.05, 0.1) is 7.11 Å². The van der Waals surface area contributed by atoms with Crippen molar-refractivity contribution in [3.05, 3.63) is 65.2 Å². The lowest BCUT2D eigenvalue weighted by Gasteiger charge is -2.30. The van der Waals surface area contributed by atoms with Gasteiger partial charge in [-0.2, -0.15) is 0 Å². The maximum Gasteiger partial charge on any atom is 0.242 e. The second kappa shape index (κ2) is 11.9. The van der Waals surface area contributed by atoms with Gasteiger partial charge >= 0.3 is 0 Å². The quantitative estimate of drug-likeness (QED) is 0.535. The molecule has 2 aromatic carbocycles. The smallest absolute Gasteiger partial charge is 0.242 e. The first-order valence-electron chi connectivity index (χ1n) is 11.9. The van der Waals surface area contributed by atoms with Crippen LogP contribution in [0.4, 0.5) is 0 Å². The monoisotopic (exact) mass is 452 g/mol. The van der Waals surface area contributed by atoms with Crippen LogP contribution in [0.5, 0.6) is 5.75 Å². The van der Waals surface area contributed by atoms with Gasteiger partial charge in [-0.1, -0.05) is 64.1 Å². The fraction of sp³-hybridized carbons (Fsp3) is 0.500. The van der Waals surface area contributed by atoms with Crippen LogP contribution < -0.4 is 10.1 Å². The topological polar surface area (TPSA) is 58.6 Å². The Morgan fingerprint density at radius 2 is 1.70 bits per heavy atom. The van der Waals surface area contributed by atoms with E-state index in [1.165, 1.54) is 5.56 Å². The van der Waals surface area contributed by atoms with Crippen molar-refractivity contribution >= 4 is 11.8 Å². The number of nitrogens with one attached hydrogen (secondary N) is 1. The van der Waals surface area contributed by atoms with Gasteiger partial charge < -0.3 is 15.0 Å². The average Bonchev–Trinajstić information content (AvgIpc) is 2.80. The largest absolute Gasteiger partial charge is 0.497 e. The summed E-state index contributed by atoms with van der Waals surface area (Å²) in [6.45, 7) is 12.7. The Morgan fingerprint density at radius 3 is 2.27 bits per heavy atom. The van der Waals surface area contributed by atoms with Crippen LogP contribution in [0.3, 0.4) is 0 Å². The number of hydrogen-bond acceptors (Lipinski definition) is 3. The number of carbonyl (C=O) groups excluding carboxylic acids is 2. The lowest BCUT2D eigenvalue weighted by Crippen LogP contribution is -2.49. The molecule has 0 spiro atoms. The molecule has 2 rings (SSSR count). The number of benzene rings is 2. The highest BCUT2D eigenvalue weighted by Crippen LogP contribution is 2.23. The second-order valence-corrected chi connectivity index (χ2v) is 9.81. The Hall–Kier alpha value is -2.82. The normalized spacial score (nSPS) is 13.2. The molecule has 2 amide bonds. The molecule has 0 heterocycles. The van der Waals surface area contributed by atoms with E-state index >= 15 is 0 Å². The summed E-state index contributed by atoms with van der Waals surface area (Å²) in [5.41, 5.74) is 3.42. The number of hydrogen-bond donors (Lipinski definition) is 1. The van der Waals surface area contributed by atoms with Crippen LogP contribution in [0, 0.1) is 0 Å². The van der Waals surface area contributed by atoms with Crippen LogP contribution in [0.2, 0.25) is 0 Å². The third-order valence-electron chi connectivity index (χ3n) is 6.10. The van der Waals surface area contributed by atoms with Gasteiger partial charge in [0.25, 0.3) is 0 Å². The number of amides is 2. The molecule has 0 aliphatic rings. The third kappa shape index (κ3) is 7.92. The minimum Gasteiger partial charge on any atom is -0.497 e. The molecular weight excluding hydrogens is 412 g/mol. The van der Waals surface area contributed by atoms with Crippen molar-refractivity contribution in [1.29, 1.82) is 0 Å². The van der Waals surface area contributed by atoms with E-state index in [1.54, 1.807) is 18.9 Å². The minimum absolute atomic E-state index is 0.0375. The lowest BCUT2D eigenvalue weighted by molar-refractivity contribution is -0.140. The number of ether oxygens (including phenoxy) is 1. The molecule has 1 N–H and O–H groups in total. The van der Waals surface area contributed by atoms with Crippen molar-refractivity contribution in [1.82, 2.24) is 10.2 Å². The SMILES string of the molecule is CCC(C)NC(=O)C(C)N(Cc1cccc(OC)c1)C(=O)CCc1ccc(C(C)(C)C)cc1. The van der Waals surface area contributed by atoms with Gasteiger partial charge in [-0.25, -0.2) is 0 Å². The van der Waals surface area contributed by atoms with Gasteiger partial charge in [-0.05, 0) is 60.9 Å². The van der Waals surface area contributed by atoms with E-state index in [0.29, 0.717) is 19.4 Å². The van der Waals surface area contributed by atoms with E-state index in [0.717, 1.165) is 23.3 Å². The van der Waals surface area contributed by atoms with Gasteiger partial charge in [-0.3, -0.25) is 9.59 Å². The molecular formula is C28H40N2O3. The number of rotatable bonds is 10. The first-order chi connectivity index (χ1) is 15.5. The van der Waals surface area contributed by atoms with Crippen LogP contribution in [0.25, 0.3) is 0 Å². The molecule has 0 aliphatic carbocycles. The summed E-state index contributed by atoms with van der Waals surface area (Å²) >= 11 is 0. The lowest BCUT2D eigenvalue weighted by atomic mass is 9.86.